The fourth-order valence-corrected chi connectivity index (χ4v) is 4.23. The van der Waals surface area contributed by atoms with E-state index >= 15 is 0 Å². The first kappa shape index (κ1) is 16.3. The highest BCUT2D eigenvalue weighted by Gasteiger charge is 2.26. The standard InChI is InChI=1S/C19H21N3O2S/c1-13-9-21(10-14(2)24-13)18(23)8-16-12-25-19-20-17(11-22(16)19)15-6-4-3-5-7-15/h3-7,11-14H,8-10H2,1-2H3. The van der Waals surface area contributed by atoms with Gasteiger partial charge in [0.1, 0.15) is 0 Å². The van der Waals surface area contributed by atoms with Crippen molar-refractivity contribution < 1.29 is 9.53 Å². The van der Waals surface area contributed by atoms with Crippen molar-refractivity contribution in [3.8, 4) is 11.3 Å². The zero-order valence-corrected chi connectivity index (χ0v) is 15.2. The monoisotopic (exact) mass is 355 g/mol. The first-order chi connectivity index (χ1) is 12.1. The van der Waals surface area contributed by atoms with Crippen molar-refractivity contribution in [2.75, 3.05) is 13.1 Å². The van der Waals surface area contributed by atoms with E-state index < -0.39 is 0 Å². The lowest BCUT2D eigenvalue weighted by molar-refractivity contribution is -0.142. The van der Waals surface area contributed by atoms with Crippen molar-refractivity contribution >= 4 is 22.2 Å². The number of ether oxygens (including phenoxy) is 1. The van der Waals surface area contributed by atoms with Crippen LogP contribution in [0.25, 0.3) is 16.2 Å². The maximum absolute atomic E-state index is 12.7. The van der Waals surface area contributed by atoms with E-state index in [0.717, 1.165) is 21.9 Å². The van der Waals surface area contributed by atoms with Gasteiger partial charge < -0.3 is 9.64 Å². The second-order valence-electron chi connectivity index (χ2n) is 6.60. The molecule has 0 N–H and O–H groups in total. The van der Waals surface area contributed by atoms with Crippen LogP contribution in [0.15, 0.2) is 41.9 Å². The molecule has 130 valence electrons. The quantitative estimate of drug-likeness (QED) is 0.725. The number of benzene rings is 1. The minimum atomic E-state index is 0.0909. The molecule has 0 bridgehead atoms. The maximum atomic E-state index is 12.7. The van der Waals surface area contributed by atoms with Gasteiger partial charge in [-0.15, -0.1) is 11.3 Å². The summed E-state index contributed by atoms with van der Waals surface area (Å²) >= 11 is 1.58. The SMILES string of the molecule is CC1CN(C(=O)Cc2csc3nc(-c4ccccc4)cn23)CC(C)O1. The van der Waals surface area contributed by atoms with Crippen LogP contribution in [0.1, 0.15) is 19.5 Å². The topological polar surface area (TPSA) is 46.8 Å². The van der Waals surface area contributed by atoms with Crippen LogP contribution in [0.5, 0.6) is 0 Å². The highest BCUT2D eigenvalue weighted by atomic mass is 32.1. The highest BCUT2D eigenvalue weighted by molar-refractivity contribution is 7.15. The van der Waals surface area contributed by atoms with Crippen LogP contribution in [-0.2, 0) is 16.0 Å². The average molecular weight is 355 g/mol. The molecule has 5 nitrogen and oxygen atoms in total. The first-order valence-electron chi connectivity index (χ1n) is 8.54. The molecule has 1 aliphatic heterocycles. The lowest BCUT2D eigenvalue weighted by Crippen LogP contribution is -2.48. The van der Waals surface area contributed by atoms with Crippen LogP contribution in [0, 0.1) is 0 Å². The zero-order chi connectivity index (χ0) is 17.4. The average Bonchev–Trinajstić information content (AvgIpc) is 3.17. The Bertz CT molecular complexity index is 877. The molecule has 1 amide bonds. The Morgan fingerprint density at radius 3 is 2.68 bits per heavy atom. The number of rotatable bonds is 3. The summed E-state index contributed by atoms with van der Waals surface area (Å²) in [7, 11) is 0. The number of morpholine rings is 1. The molecule has 3 aromatic rings. The Morgan fingerprint density at radius 2 is 1.96 bits per heavy atom. The van der Waals surface area contributed by atoms with Gasteiger partial charge in [-0.2, -0.15) is 0 Å². The predicted molar refractivity (Wildman–Crippen MR) is 98.8 cm³/mol. The van der Waals surface area contributed by atoms with E-state index in [0.29, 0.717) is 19.5 Å². The number of imidazole rings is 1. The second kappa shape index (κ2) is 6.61. The van der Waals surface area contributed by atoms with Gasteiger partial charge in [-0.05, 0) is 13.8 Å². The molecule has 6 heteroatoms. The van der Waals surface area contributed by atoms with Gasteiger partial charge in [0.05, 0.1) is 24.3 Å². The molecule has 25 heavy (non-hydrogen) atoms. The molecule has 1 fully saturated rings. The van der Waals surface area contributed by atoms with Gasteiger partial charge in [0.15, 0.2) is 4.96 Å². The summed E-state index contributed by atoms with van der Waals surface area (Å²) in [6, 6.07) is 10.1. The predicted octanol–water partition coefficient (Wildman–Crippen LogP) is 3.24. The third-order valence-corrected chi connectivity index (χ3v) is 5.35. The Labute approximate surface area is 150 Å². The number of fused-ring (bicyclic) bond motifs is 1. The molecule has 3 heterocycles. The third kappa shape index (κ3) is 3.32. The van der Waals surface area contributed by atoms with Gasteiger partial charge in [-0.3, -0.25) is 9.20 Å². The summed E-state index contributed by atoms with van der Waals surface area (Å²) in [5, 5.41) is 2.03. The number of nitrogens with zero attached hydrogens (tertiary/aromatic N) is 3. The molecule has 0 spiro atoms. The first-order valence-corrected chi connectivity index (χ1v) is 9.42. The van der Waals surface area contributed by atoms with Crippen LogP contribution >= 0.6 is 11.3 Å². The van der Waals surface area contributed by atoms with Crippen molar-refractivity contribution in [2.45, 2.75) is 32.5 Å². The molecule has 4 rings (SSSR count). The van der Waals surface area contributed by atoms with Crippen molar-refractivity contribution in [3.05, 3.63) is 47.6 Å². The number of hydrogen-bond acceptors (Lipinski definition) is 4. The Kier molecular flexibility index (Phi) is 4.31. The smallest absolute Gasteiger partial charge is 0.228 e. The van der Waals surface area contributed by atoms with Crippen molar-refractivity contribution in [1.82, 2.24) is 14.3 Å². The molecule has 0 saturated carbocycles. The minimum absolute atomic E-state index is 0.0909. The van der Waals surface area contributed by atoms with Crippen LogP contribution in [0.3, 0.4) is 0 Å². The van der Waals surface area contributed by atoms with E-state index in [1.54, 1.807) is 11.3 Å². The molecule has 1 aromatic carbocycles. The van der Waals surface area contributed by atoms with E-state index in [9.17, 15) is 4.79 Å². The number of amides is 1. The lowest BCUT2D eigenvalue weighted by atomic mass is 10.2. The van der Waals surface area contributed by atoms with Crippen molar-refractivity contribution in [3.63, 3.8) is 0 Å². The van der Waals surface area contributed by atoms with Crippen LogP contribution in [-0.4, -0.2) is 45.5 Å². The summed E-state index contributed by atoms with van der Waals surface area (Å²) in [5.74, 6) is 0.150. The summed E-state index contributed by atoms with van der Waals surface area (Å²) < 4.78 is 7.76. The van der Waals surface area contributed by atoms with Gasteiger partial charge >= 0.3 is 0 Å². The summed E-state index contributed by atoms with van der Waals surface area (Å²) in [4.78, 5) is 20.2. The molecule has 2 unspecified atom stereocenters. The Hall–Kier alpha value is -2.18. The van der Waals surface area contributed by atoms with Crippen molar-refractivity contribution in [2.24, 2.45) is 0 Å². The largest absolute Gasteiger partial charge is 0.372 e. The minimum Gasteiger partial charge on any atom is -0.372 e. The fraction of sp³-hybridized carbons (Fsp3) is 0.368. The van der Waals surface area contributed by atoms with Gasteiger partial charge in [0, 0.05) is 35.9 Å². The van der Waals surface area contributed by atoms with Crippen molar-refractivity contribution in [1.29, 1.82) is 0 Å². The normalized spacial score (nSPS) is 21.0. The van der Waals surface area contributed by atoms with Gasteiger partial charge in [0.2, 0.25) is 5.91 Å². The summed E-state index contributed by atoms with van der Waals surface area (Å²) in [6.07, 6.45) is 2.60. The van der Waals surface area contributed by atoms with E-state index in [1.165, 1.54) is 0 Å². The summed E-state index contributed by atoms with van der Waals surface area (Å²) in [6.45, 7) is 5.35. The molecule has 2 aromatic heterocycles. The highest BCUT2D eigenvalue weighted by Crippen LogP contribution is 2.24. The number of thiazole rings is 1. The van der Waals surface area contributed by atoms with Crippen LogP contribution in [0.2, 0.25) is 0 Å². The van der Waals surface area contributed by atoms with E-state index in [-0.39, 0.29) is 18.1 Å². The molecule has 1 saturated heterocycles. The molecular formula is C19H21N3O2S. The lowest BCUT2D eigenvalue weighted by Gasteiger charge is -2.35. The molecule has 0 aliphatic carbocycles. The van der Waals surface area contributed by atoms with E-state index in [2.05, 4.69) is 4.98 Å². The second-order valence-corrected chi connectivity index (χ2v) is 7.44. The van der Waals surface area contributed by atoms with Gasteiger partial charge in [-0.1, -0.05) is 30.3 Å². The van der Waals surface area contributed by atoms with Crippen LogP contribution in [0.4, 0.5) is 0 Å². The number of aromatic nitrogens is 2. The maximum Gasteiger partial charge on any atom is 0.228 e. The van der Waals surface area contributed by atoms with E-state index in [4.69, 9.17) is 4.74 Å². The van der Waals surface area contributed by atoms with Gasteiger partial charge in [0.25, 0.3) is 0 Å². The van der Waals surface area contributed by atoms with E-state index in [1.807, 2.05) is 65.1 Å². The molecular weight excluding hydrogens is 334 g/mol. The fourth-order valence-electron chi connectivity index (χ4n) is 3.35. The van der Waals surface area contributed by atoms with Gasteiger partial charge in [-0.25, -0.2) is 4.98 Å². The van der Waals surface area contributed by atoms with Crippen LogP contribution < -0.4 is 0 Å². The Morgan fingerprint density at radius 1 is 1.24 bits per heavy atom. The number of hydrogen-bond donors (Lipinski definition) is 0. The molecule has 2 atom stereocenters. The zero-order valence-electron chi connectivity index (χ0n) is 14.4. The number of carbonyl (C=O) groups is 1. The summed E-state index contributed by atoms with van der Waals surface area (Å²) in [5.41, 5.74) is 3.02. The number of carbonyl (C=O) groups excluding carboxylic acids is 1. The molecule has 1 aliphatic rings. The Balaban J connectivity index is 1.55. The molecule has 0 radical (unpaired) electrons. The third-order valence-electron chi connectivity index (χ3n) is 4.46.